The van der Waals surface area contributed by atoms with Crippen molar-refractivity contribution in [1.29, 1.82) is 0 Å². The zero-order valence-electron chi connectivity index (χ0n) is 13.3. The van der Waals surface area contributed by atoms with Gasteiger partial charge < -0.3 is 31.1 Å². The van der Waals surface area contributed by atoms with Gasteiger partial charge in [0.05, 0.1) is 0 Å². The van der Waals surface area contributed by atoms with E-state index in [1.54, 1.807) is 0 Å². The average Bonchev–Trinajstić information content (AvgIpc) is 2.87. The summed E-state index contributed by atoms with van der Waals surface area (Å²) >= 11 is 0. The van der Waals surface area contributed by atoms with Gasteiger partial charge in [-0.05, 0) is 37.9 Å². The van der Waals surface area contributed by atoms with E-state index in [1.165, 1.54) is 22.2 Å². The fraction of sp³-hybridized carbons (Fsp3) is 0.375. The molecule has 2 rings (SSSR count). The molecule has 0 spiro atoms. The third kappa shape index (κ3) is 5.05. The monoisotopic (exact) mass is 338 g/mol. The Kier molecular flexibility index (Phi) is 7.37. The summed E-state index contributed by atoms with van der Waals surface area (Å²) in [5.41, 5.74) is 9.46. The smallest absolute Gasteiger partial charge is 0.335 e. The highest BCUT2D eigenvalue weighted by Crippen LogP contribution is 2.22. The second kappa shape index (κ2) is 9.02. The minimum Gasteiger partial charge on any atom is -0.479 e. The first-order valence-corrected chi connectivity index (χ1v) is 7.37. The molecule has 0 fully saturated rings. The highest BCUT2D eigenvalue weighted by atomic mass is 16.4. The first kappa shape index (κ1) is 19.6. The van der Waals surface area contributed by atoms with Gasteiger partial charge in [-0.25, -0.2) is 9.59 Å². The van der Waals surface area contributed by atoms with Crippen molar-refractivity contribution in [3.05, 3.63) is 35.5 Å². The van der Waals surface area contributed by atoms with Crippen molar-refractivity contribution in [3.8, 4) is 0 Å². The number of aliphatic hydroxyl groups excluding tert-OH is 2. The first-order valence-electron chi connectivity index (χ1n) is 7.37. The minimum atomic E-state index is -2.27. The van der Waals surface area contributed by atoms with Crippen molar-refractivity contribution in [1.82, 2.24) is 4.98 Å². The Morgan fingerprint density at radius 2 is 1.67 bits per heavy atom. The van der Waals surface area contributed by atoms with E-state index in [0.717, 1.165) is 19.4 Å². The molecule has 2 unspecified atom stereocenters. The molecule has 0 amide bonds. The minimum absolute atomic E-state index is 0.763. The molecule has 0 aliphatic heterocycles. The lowest BCUT2D eigenvalue weighted by Crippen LogP contribution is -2.39. The number of nitrogens with one attached hydrogen (secondary N) is 1. The zero-order chi connectivity index (χ0) is 18.3. The predicted molar refractivity (Wildman–Crippen MR) is 87.7 cm³/mol. The molecule has 8 nitrogen and oxygen atoms in total. The van der Waals surface area contributed by atoms with Crippen LogP contribution >= 0.6 is 0 Å². The number of aliphatic carboxylic acids is 2. The van der Waals surface area contributed by atoms with Gasteiger partial charge in [0.15, 0.2) is 12.2 Å². The number of aryl methyl sites for hydroxylation is 2. The van der Waals surface area contributed by atoms with Crippen LogP contribution in [0.1, 0.15) is 17.7 Å². The standard InChI is InChI=1S/C12H16N2.C4H6O6/c1-9-10(6-4-8-13)11-5-2-3-7-12(11)14-9;5-1(3(7)8)2(6)4(9)10/h2-3,5,7,14H,4,6,8,13H2,1H3;1-2,5-6H,(H,7,8)(H,9,10). The third-order valence-corrected chi connectivity index (χ3v) is 3.46. The molecule has 2 aromatic rings. The summed E-state index contributed by atoms with van der Waals surface area (Å²) in [7, 11) is 0. The SMILES string of the molecule is Cc1[nH]c2ccccc2c1CCCN.O=C(O)C(O)C(O)C(=O)O. The van der Waals surface area contributed by atoms with Crippen LogP contribution < -0.4 is 5.73 Å². The number of aromatic nitrogens is 1. The maximum atomic E-state index is 9.77. The second-order valence-electron chi connectivity index (χ2n) is 5.23. The van der Waals surface area contributed by atoms with Crippen molar-refractivity contribution in [2.75, 3.05) is 6.54 Å². The molecular formula is C16H22N2O6. The van der Waals surface area contributed by atoms with E-state index in [0.29, 0.717) is 0 Å². The normalized spacial score (nSPS) is 13.0. The van der Waals surface area contributed by atoms with Gasteiger partial charge in [-0.3, -0.25) is 0 Å². The molecule has 132 valence electrons. The van der Waals surface area contributed by atoms with Crippen LogP contribution in [0.25, 0.3) is 10.9 Å². The van der Waals surface area contributed by atoms with Gasteiger partial charge in [-0.1, -0.05) is 18.2 Å². The van der Waals surface area contributed by atoms with Gasteiger partial charge in [0.1, 0.15) is 0 Å². The van der Waals surface area contributed by atoms with Crippen molar-refractivity contribution in [2.45, 2.75) is 32.0 Å². The van der Waals surface area contributed by atoms with Gasteiger partial charge in [0, 0.05) is 16.6 Å². The van der Waals surface area contributed by atoms with Crippen LogP contribution in [0.4, 0.5) is 0 Å². The molecule has 0 aliphatic carbocycles. The first-order chi connectivity index (χ1) is 11.3. The number of aromatic amines is 1. The molecule has 1 aromatic heterocycles. The average molecular weight is 338 g/mol. The molecule has 0 bridgehead atoms. The number of nitrogens with two attached hydrogens (primary N) is 1. The van der Waals surface area contributed by atoms with Crippen molar-refractivity contribution in [3.63, 3.8) is 0 Å². The Hall–Kier alpha value is -2.42. The molecule has 0 radical (unpaired) electrons. The van der Waals surface area contributed by atoms with Crippen LogP contribution in [-0.4, -0.2) is 56.1 Å². The van der Waals surface area contributed by atoms with Crippen LogP contribution in [0.15, 0.2) is 24.3 Å². The number of benzene rings is 1. The van der Waals surface area contributed by atoms with Crippen LogP contribution in [0, 0.1) is 6.92 Å². The quantitative estimate of drug-likeness (QED) is 0.440. The summed E-state index contributed by atoms with van der Waals surface area (Å²) in [5, 5.41) is 33.9. The number of carboxylic acids is 2. The Labute approximate surface area is 138 Å². The van der Waals surface area contributed by atoms with E-state index in [9.17, 15) is 9.59 Å². The van der Waals surface area contributed by atoms with Crippen LogP contribution in [0.2, 0.25) is 0 Å². The number of carbonyl (C=O) groups is 2. The molecule has 1 heterocycles. The third-order valence-electron chi connectivity index (χ3n) is 3.46. The summed E-state index contributed by atoms with van der Waals surface area (Å²) < 4.78 is 0. The second-order valence-corrected chi connectivity index (χ2v) is 5.23. The van der Waals surface area contributed by atoms with E-state index >= 15 is 0 Å². The molecule has 0 saturated carbocycles. The Bertz CT molecular complexity index is 679. The topological polar surface area (TPSA) is 157 Å². The van der Waals surface area contributed by atoms with Crippen LogP contribution in [0.5, 0.6) is 0 Å². The Morgan fingerprint density at radius 1 is 1.12 bits per heavy atom. The van der Waals surface area contributed by atoms with Gasteiger partial charge >= 0.3 is 11.9 Å². The van der Waals surface area contributed by atoms with Crippen LogP contribution in [0.3, 0.4) is 0 Å². The summed E-state index contributed by atoms with van der Waals surface area (Å²) in [5.74, 6) is -3.54. The molecular weight excluding hydrogens is 316 g/mol. The fourth-order valence-corrected chi connectivity index (χ4v) is 2.21. The number of carboxylic acid groups (broad SMARTS) is 2. The van der Waals surface area contributed by atoms with E-state index < -0.39 is 24.1 Å². The lowest BCUT2D eigenvalue weighted by molar-refractivity contribution is -0.165. The summed E-state index contributed by atoms with van der Waals surface area (Å²) in [6.07, 6.45) is -2.40. The Morgan fingerprint density at radius 3 is 2.17 bits per heavy atom. The summed E-state index contributed by atoms with van der Waals surface area (Å²) in [6.45, 7) is 2.89. The number of fused-ring (bicyclic) bond motifs is 1. The lowest BCUT2D eigenvalue weighted by Gasteiger charge is -2.07. The largest absolute Gasteiger partial charge is 0.479 e. The molecule has 0 aliphatic rings. The maximum Gasteiger partial charge on any atom is 0.335 e. The van der Waals surface area contributed by atoms with Crippen molar-refractivity contribution >= 4 is 22.8 Å². The number of hydrogen-bond donors (Lipinski definition) is 6. The molecule has 1 aromatic carbocycles. The maximum absolute atomic E-state index is 9.77. The molecule has 24 heavy (non-hydrogen) atoms. The van der Waals surface area contributed by atoms with Crippen molar-refractivity contribution < 1.29 is 30.0 Å². The number of rotatable bonds is 6. The van der Waals surface area contributed by atoms with Crippen LogP contribution in [-0.2, 0) is 16.0 Å². The molecule has 0 saturated heterocycles. The molecule has 7 N–H and O–H groups in total. The summed E-state index contributed by atoms with van der Waals surface area (Å²) in [6, 6.07) is 8.44. The lowest BCUT2D eigenvalue weighted by atomic mass is 10.1. The van der Waals surface area contributed by atoms with E-state index in [1.807, 2.05) is 0 Å². The number of aliphatic hydroxyl groups is 2. The van der Waals surface area contributed by atoms with E-state index in [2.05, 4.69) is 36.2 Å². The van der Waals surface area contributed by atoms with Gasteiger partial charge in [-0.2, -0.15) is 0 Å². The summed E-state index contributed by atoms with van der Waals surface area (Å²) in [4.78, 5) is 22.9. The highest BCUT2D eigenvalue weighted by molar-refractivity contribution is 5.84. The Balaban J connectivity index is 0.000000257. The van der Waals surface area contributed by atoms with E-state index in [-0.39, 0.29) is 0 Å². The van der Waals surface area contributed by atoms with E-state index in [4.69, 9.17) is 26.2 Å². The molecule has 8 heteroatoms. The zero-order valence-corrected chi connectivity index (χ0v) is 13.3. The highest BCUT2D eigenvalue weighted by Gasteiger charge is 2.29. The number of hydrogen-bond acceptors (Lipinski definition) is 5. The molecule has 2 atom stereocenters. The predicted octanol–water partition coefficient (Wildman–Crippen LogP) is 0.245. The number of para-hydroxylation sites is 1. The number of H-pyrrole nitrogens is 1. The van der Waals surface area contributed by atoms with Gasteiger partial charge in [0.2, 0.25) is 0 Å². The fourth-order valence-electron chi connectivity index (χ4n) is 2.21. The van der Waals surface area contributed by atoms with Crippen molar-refractivity contribution in [2.24, 2.45) is 5.73 Å². The van der Waals surface area contributed by atoms with Gasteiger partial charge in [-0.15, -0.1) is 0 Å². The van der Waals surface area contributed by atoms with Gasteiger partial charge in [0.25, 0.3) is 0 Å².